The Morgan fingerprint density at radius 3 is 2.70 bits per heavy atom. The minimum absolute atomic E-state index is 0.0710. The number of anilines is 1. The Labute approximate surface area is 119 Å². The first kappa shape index (κ1) is 14.2. The second-order valence-corrected chi connectivity index (χ2v) is 5.03. The number of amides is 2. The van der Waals surface area contributed by atoms with Crippen LogP contribution in [0.2, 0.25) is 0 Å². The summed E-state index contributed by atoms with van der Waals surface area (Å²) in [7, 11) is 0. The maximum absolute atomic E-state index is 12.1. The number of carbonyl (C=O) groups is 2. The Morgan fingerprint density at radius 2 is 2.05 bits per heavy atom. The summed E-state index contributed by atoms with van der Waals surface area (Å²) in [4.78, 5) is 27.2. The van der Waals surface area contributed by atoms with E-state index < -0.39 is 5.91 Å². The molecule has 5 N–H and O–H groups in total. The normalized spacial score (nSPS) is 10.2. The van der Waals surface area contributed by atoms with Crippen LogP contribution in [0.4, 0.5) is 5.69 Å². The number of nitrogens with zero attached hydrogens (tertiary/aromatic N) is 1. The number of rotatable bonds is 5. The minimum atomic E-state index is -0.453. The van der Waals surface area contributed by atoms with Gasteiger partial charge in [0.1, 0.15) is 10.7 Å². The molecule has 0 saturated heterocycles. The van der Waals surface area contributed by atoms with Crippen molar-refractivity contribution in [3.05, 3.63) is 45.9 Å². The number of nitrogens with two attached hydrogens (primary N) is 2. The number of para-hydroxylation sites is 1. The van der Waals surface area contributed by atoms with Gasteiger partial charge in [-0.05, 0) is 11.6 Å². The minimum Gasteiger partial charge on any atom is -0.369 e. The fourth-order valence-corrected chi connectivity index (χ4v) is 2.33. The molecule has 6 nitrogen and oxygen atoms in total. The smallest absolute Gasteiger partial charge is 0.275 e. The molecule has 0 aliphatic rings. The maximum atomic E-state index is 12.1. The van der Waals surface area contributed by atoms with Crippen LogP contribution in [0.1, 0.15) is 21.1 Å². The van der Waals surface area contributed by atoms with Gasteiger partial charge in [-0.25, -0.2) is 4.98 Å². The Hall–Kier alpha value is -2.25. The zero-order chi connectivity index (χ0) is 14.5. The average Bonchev–Trinajstić information content (AvgIpc) is 2.89. The predicted molar refractivity (Wildman–Crippen MR) is 77.3 cm³/mol. The molecule has 7 heteroatoms. The lowest BCUT2D eigenvalue weighted by molar-refractivity contribution is -0.117. The van der Waals surface area contributed by atoms with Gasteiger partial charge in [0.25, 0.3) is 5.91 Å². The van der Waals surface area contributed by atoms with Crippen LogP contribution in [0.5, 0.6) is 0 Å². The fourth-order valence-electron chi connectivity index (χ4n) is 1.68. The van der Waals surface area contributed by atoms with Crippen molar-refractivity contribution >= 4 is 28.8 Å². The number of hydrogen-bond acceptors (Lipinski definition) is 5. The molecule has 2 amide bonds. The molecule has 1 heterocycles. The number of primary amides is 1. The van der Waals surface area contributed by atoms with Gasteiger partial charge in [-0.15, -0.1) is 11.3 Å². The SMILES string of the molecule is NCc1nc(C(=O)Nc2ccccc2CC(N)=O)cs1. The Balaban J connectivity index is 2.17. The molecule has 0 aliphatic carbocycles. The molecular formula is C13H14N4O2S. The van der Waals surface area contributed by atoms with Crippen LogP contribution in [0, 0.1) is 0 Å². The maximum Gasteiger partial charge on any atom is 0.275 e. The molecule has 1 aromatic heterocycles. The first-order chi connectivity index (χ1) is 9.60. The highest BCUT2D eigenvalue weighted by Crippen LogP contribution is 2.17. The van der Waals surface area contributed by atoms with Crippen molar-refractivity contribution in [2.45, 2.75) is 13.0 Å². The number of hydrogen-bond donors (Lipinski definition) is 3. The number of aromatic nitrogens is 1. The highest BCUT2D eigenvalue weighted by Gasteiger charge is 2.13. The fraction of sp³-hybridized carbons (Fsp3) is 0.154. The van der Waals surface area contributed by atoms with E-state index in [2.05, 4.69) is 10.3 Å². The van der Waals surface area contributed by atoms with Crippen LogP contribution in [-0.2, 0) is 17.8 Å². The van der Waals surface area contributed by atoms with Gasteiger partial charge in [0.05, 0.1) is 6.42 Å². The summed E-state index contributed by atoms with van der Waals surface area (Å²) >= 11 is 1.33. The van der Waals surface area contributed by atoms with Crippen molar-refractivity contribution in [3.63, 3.8) is 0 Å². The first-order valence-corrected chi connectivity index (χ1v) is 6.80. The molecule has 20 heavy (non-hydrogen) atoms. The summed E-state index contributed by atoms with van der Waals surface area (Å²) in [6.07, 6.45) is 0.0710. The number of carbonyl (C=O) groups excluding carboxylic acids is 2. The molecule has 2 rings (SSSR count). The number of thiazole rings is 1. The highest BCUT2D eigenvalue weighted by molar-refractivity contribution is 7.09. The lowest BCUT2D eigenvalue weighted by atomic mass is 10.1. The summed E-state index contributed by atoms with van der Waals surface area (Å²) in [5.41, 5.74) is 12.2. The third-order valence-corrected chi connectivity index (χ3v) is 3.46. The van der Waals surface area contributed by atoms with E-state index in [4.69, 9.17) is 11.5 Å². The Morgan fingerprint density at radius 1 is 1.30 bits per heavy atom. The standard InChI is InChI=1S/C13H14N4O2S/c14-6-12-16-10(7-20-12)13(19)17-9-4-2-1-3-8(9)5-11(15)18/h1-4,7H,5-6,14H2,(H2,15,18)(H,17,19). The number of nitrogens with one attached hydrogen (secondary N) is 1. The Bertz CT molecular complexity index is 639. The molecular weight excluding hydrogens is 276 g/mol. The van der Waals surface area contributed by atoms with Crippen molar-refractivity contribution in [3.8, 4) is 0 Å². The van der Waals surface area contributed by atoms with Crippen molar-refractivity contribution in [1.82, 2.24) is 4.98 Å². The highest BCUT2D eigenvalue weighted by atomic mass is 32.1. The van der Waals surface area contributed by atoms with Gasteiger partial charge >= 0.3 is 0 Å². The molecule has 104 valence electrons. The van der Waals surface area contributed by atoms with Gasteiger partial charge in [0.2, 0.25) is 5.91 Å². The monoisotopic (exact) mass is 290 g/mol. The average molecular weight is 290 g/mol. The Kier molecular flexibility index (Phi) is 4.44. The summed E-state index contributed by atoms with van der Waals surface area (Å²) in [5.74, 6) is -0.788. The summed E-state index contributed by atoms with van der Waals surface area (Å²) in [6, 6.07) is 7.01. The molecule has 0 fully saturated rings. The van der Waals surface area contributed by atoms with E-state index in [-0.39, 0.29) is 12.3 Å². The third kappa shape index (κ3) is 3.40. The van der Waals surface area contributed by atoms with Gasteiger partial charge in [-0.3, -0.25) is 9.59 Å². The molecule has 0 unspecified atom stereocenters. The molecule has 0 atom stereocenters. The predicted octanol–water partition coefficient (Wildman–Crippen LogP) is 0.882. The van der Waals surface area contributed by atoms with Crippen molar-refractivity contribution in [1.29, 1.82) is 0 Å². The van der Waals surface area contributed by atoms with E-state index >= 15 is 0 Å². The van der Waals surface area contributed by atoms with Crippen molar-refractivity contribution in [2.75, 3.05) is 5.32 Å². The largest absolute Gasteiger partial charge is 0.369 e. The topological polar surface area (TPSA) is 111 Å². The van der Waals surface area contributed by atoms with Gasteiger partial charge < -0.3 is 16.8 Å². The summed E-state index contributed by atoms with van der Waals surface area (Å²) in [5, 5.41) is 5.07. The molecule has 0 spiro atoms. The first-order valence-electron chi connectivity index (χ1n) is 5.92. The van der Waals surface area contributed by atoms with E-state index in [1.165, 1.54) is 11.3 Å². The van der Waals surface area contributed by atoms with Crippen LogP contribution >= 0.6 is 11.3 Å². The zero-order valence-corrected chi connectivity index (χ0v) is 11.4. The van der Waals surface area contributed by atoms with Crippen LogP contribution in [0.15, 0.2) is 29.6 Å². The van der Waals surface area contributed by atoms with Crippen LogP contribution in [0.3, 0.4) is 0 Å². The molecule has 0 aliphatic heterocycles. The van der Waals surface area contributed by atoms with Gasteiger partial charge in [-0.2, -0.15) is 0 Å². The van der Waals surface area contributed by atoms with Gasteiger partial charge in [0, 0.05) is 17.6 Å². The molecule has 1 aromatic carbocycles. The quantitative estimate of drug-likeness (QED) is 0.759. The summed E-state index contributed by atoms with van der Waals surface area (Å²) < 4.78 is 0. The van der Waals surface area contributed by atoms with E-state index in [1.54, 1.807) is 29.6 Å². The van der Waals surface area contributed by atoms with Crippen LogP contribution in [0.25, 0.3) is 0 Å². The van der Waals surface area contributed by atoms with Crippen molar-refractivity contribution < 1.29 is 9.59 Å². The lowest BCUT2D eigenvalue weighted by Gasteiger charge is -2.08. The molecule has 2 aromatic rings. The molecule has 0 saturated carbocycles. The molecule has 0 bridgehead atoms. The zero-order valence-electron chi connectivity index (χ0n) is 10.6. The van der Waals surface area contributed by atoms with Crippen molar-refractivity contribution in [2.24, 2.45) is 11.5 Å². The van der Waals surface area contributed by atoms with E-state index in [0.29, 0.717) is 28.5 Å². The third-order valence-electron chi connectivity index (χ3n) is 2.59. The summed E-state index contributed by atoms with van der Waals surface area (Å²) in [6.45, 7) is 0.302. The van der Waals surface area contributed by atoms with E-state index in [0.717, 1.165) is 0 Å². The van der Waals surface area contributed by atoms with Crippen LogP contribution in [-0.4, -0.2) is 16.8 Å². The van der Waals surface area contributed by atoms with E-state index in [1.807, 2.05) is 0 Å². The second-order valence-electron chi connectivity index (χ2n) is 4.08. The van der Waals surface area contributed by atoms with Crippen LogP contribution < -0.4 is 16.8 Å². The lowest BCUT2D eigenvalue weighted by Crippen LogP contribution is -2.18. The number of benzene rings is 1. The van der Waals surface area contributed by atoms with Gasteiger partial charge in [0.15, 0.2) is 0 Å². The van der Waals surface area contributed by atoms with Gasteiger partial charge in [-0.1, -0.05) is 18.2 Å². The molecule has 0 radical (unpaired) electrons. The van der Waals surface area contributed by atoms with E-state index in [9.17, 15) is 9.59 Å². The second kappa shape index (κ2) is 6.27.